The molecule has 0 radical (unpaired) electrons. The second kappa shape index (κ2) is 7.33. The molecule has 0 saturated carbocycles. The molecule has 1 N–H and O–H groups in total. The standard InChI is InChI=1S/C16H24N4O2/c1-4-11(2)15(22)20-9-5-6-13(10-20)14(21)19-16-17-8-7-12(3)18-16/h7-8,11,13H,4-6,9-10H2,1-3H3,(H,17,18,19,21)/t11-,13-/m0/s1. The summed E-state index contributed by atoms with van der Waals surface area (Å²) in [6.45, 7) is 7.03. The first-order valence-corrected chi connectivity index (χ1v) is 7.90. The van der Waals surface area contributed by atoms with E-state index in [0.29, 0.717) is 12.5 Å². The van der Waals surface area contributed by atoms with Gasteiger partial charge in [-0.1, -0.05) is 13.8 Å². The molecule has 0 aromatic carbocycles. The lowest BCUT2D eigenvalue weighted by atomic mass is 9.95. The molecule has 1 saturated heterocycles. The molecule has 2 rings (SSSR count). The van der Waals surface area contributed by atoms with Crippen molar-refractivity contribution in [2.24, 2.45) is 11.8 Å². The highest BCUT2D eigenvalue weighted by atomic mass is 16.2. The molecule has 2 heterocycles. The van der Waals surface area contributed by atoms with Crippen LogP contribution in [-0.2, 0) is 9.59 Å². The Bertz CT molecular complexity index is 547. The van der Waals surface area contributed by atoms with Crippen LogP contribution in [0.15, 0.2) is 12.3 Å². The number of aromatic nitrogens is 2. The van der Waals surface area contributed by atoms with E-state index >= 15 is 0 Å². The van der Waals surface area contributed by atoms with Crippen molar-refractivity contribution in [1.82, 2.24) is 14.9 Å². The predicted molar refractivity (Wildman–Crippen MR) is 84.2 cm³/mol. The van der Waals surface area contributed by atoms with Gasteiger partial charge in [0.2, 0.25) is 17.8 Å². The Kier molecular flexibility index (Phi) is 5.46. The summed E-state index contributed by atoms with van der Waals surface area (Å²) in [5.74, 6) is 0.196. The third-order valence-corrected chi connectivity index (χ3v) is 4.17. The highest BCUT2D eigenvalue weighted by Gasteiger charge is 2.30. The number of hydrogen-bond acceptors (Lipinski definition) is 4. The number of hydrogen-bond donors (Lipinski definition) is 1. The molecule has 22 heavy (non-hydrogen) atoms. The van der Waals surface area contributed by atoms with Crippen LogP contribution in [0, 0.1) is 18.8 Å². The van der Waals surface area contributed by atoms with Crippen LogP contribution in [0.2, 0.25) is 0 Å². The average molecular weight is 304 g/mol. The van der Waals surface area contributed by atoms with Crippen molar-refractivity contribution < 1.29 is 9.59 Å². The van der Waals surface area contributed by atoms with Crippen molar-refractivity contribution in [2.75, 3.05) is 18.4 Å². The maximum absolute atomic E-state index is 12.4. The van der Waals surface area contributed by atoms with Gasteiger partial charge in [-0.3, -0.25) is 14.9 Å². The summed E-state index contributed by atoms with van der Waals surface area (Å²) in [5.41, 5.74) is 0.808. The maximum atomic E-state index is 12.4. The number of nitrogens with one attached hydrogen (secondary N) is 1. The summed E-state index contributed by atoms with van der Waals surface area (Å²) < 4.78 is 0. The lowest BCUT2D eigenvalue weighted by Gasteiger charge is -2.33. The topological polar surface area (TPSA) is 75.2 Å². The number of carbonyl (C=O) groups is 2. The number of anilines is 1. The molecule has 1 aliphatic rings. The van der Waals surface area contributed by atoms with Crippen LogP contribution < -0.4 is 5.32 Å². The molecule has 6 nitrogen and oxygen atoms in total. The van der Waals surface area contributed by atoms with Crippen LogP contribution in [0.5, 0.6) is 0 Å². The van der Waals surface area contributed by atoms with Gasteiger partial charge in [0.15, 0.2) is 0 Å². The third-order valence-electron chi connectivity index (χ3n) is 4.17. The van der Waals surface area contributed by atoms with Gasteiger partial charge in [0, 0.05) is 30.9 Å². The first-order chi connectivity index (χ1) is 10.5. The molecule has 0 aliphatic carbocycles. The van der Waals surface area contributed by atoms with Crippen LogP contribution in [0.1, 0.15) is 38.8 Å². The minimum atomic E-state index is -0.189. The fourth-order valence-electron chi connectivity index (χ4n) is 2.60. The highest BCUT2D eigenvalue weighted by Crippen LogP contribution is 2.20. The fraction of sp³-hybridized carbons (Fsp3) is 0.625. The van der Waals surface area contributed by atoms with E-state index in [1.54, 1.807) is 12.3 Å². The van der Waals surface area contributed by atoms with E-state index in [9.17, 15) is 9.59 Å². The Morgan fingerprint density at radius 2 is 2.27 bits per heavy atom. The quantitative estimate of drug-likeness (QED) is 0.923. The monoisotopic (exact) mass is 304 g/mol. The summed E-state index contributed by atoms with van der Waals surface area (Å²) in [4.78, 5) is 34.7. The normalized spacial score (nSPS) is 19.6. The number of carbonyl (C=O) groups excluding carboxylic acids is 2. The van der Waals surface area contributed by atoms with E-state index in [0.717, 1.165) is 31.5 Å². The Balaban J connectivity index is 1.97. The van der Waals surface area contributed by atoms with Gasteiger partial charge in [0.25, 0.3) is 0 Å². The zero-order chi connectivity index (χ0) is 16.1. The van der Waals surface area contributed by atoms with Gasteiger partial charge in [-0.2, -0.15) is 0 Å². The van der Waals surface area contributed by atoms with E-state index in [-0.39, 0.29) is 23.7 Å². The lowest BCUT2D eigenvalue weighted by molar-refractivity contribution is -0.138. The van der Waals surface area contributed by atoms with E-state index in [1.165, 1.54) is 0 Å². The Morgan fingerprint density at radius 3 is 2.95 bits per heavy atom. The van der Waals surface area contributed by atoms with E-state index in [4.69, 9.17) is 0 Å². The first kappa shape index (κ1) is 16.4. The summed E-state index contributed by atoms with van der Waals surface area (Å²) in [5, 5.41) is 2.76. The molecule has 1 fully saturated rings. The van der Waals surface area contributed by atoms with Crippen molar-refractivity contribution >= 4 is 17.8 Å². The lowest BCUT2D eigenvalue weighted by Crippen LogP contribution is -2.45. The molecule has 0 spiro atoms. The Morgan fingerprint density at radius 1 is 1.50 bits per heavy atom. The largest absolute Gasteiger partial charge is 0.342 e. The van der Waals surface area contributed by atoms with Gasteiger partial charge in [-0.15, -0.1) is 0 Å². The first-order valence-electron chi connectivity index (χ1n) is 7.90. The van der Waals surface area contributed by atoms with Crippen molar-refractivity contribution in [3.8, 4) is 0 Å². The van der Waals surface area contributed by atoms with Crippen molar-refractivity contribution in [3.63, 3.8) is 0 Å². The molecule has 120 valence electrons. The summed E-state index contributed by atoms with van der Waals surface area (Å²) in [7, 11) is 0. The Hall–Kier alpha value is -1.98. The summed E-state index contributed by atoms with van der Waals surface area (Å²) in [6, 6.07) is 1.78. The SMILES string of the molecule is CC[C@H](C)C(=O)N1CCC[C@H](C(=O)Nc2nccc(C)n2)C1. The smallest absolute Gasteiger partial charge is 0.231 e. The molecular weight excluding hydrogens is 280 g/mol. The van der Waals surface area contributed by atoms with Crippen LogP contribution in [0.3, 0.4) is 0 Å². The van der Waals surface area contributed by atoms with Crippen molar-refractivity contribution in [1.29, 1.82) is 0 Å². The van der Waals surface area contributed by atoms with E-state index in [2.05, 4.69) is 15.3 Å². The van der Waals surface area contributed by atoms with Gasteiger partial charge in [0.1, 0.15) is 0 Å². The van der Waals surface area contributed by atoms with Gasteiger partial charge < -0.3 is 4.90 Å². The second-order valence-electron chi connectivity index (χ2n) is 5.94. The van der Waals surface area contributed by atoms with Crippen LogP contribution in [0.25, 0.3) is 0 Å². The predicted octanol–water partition coefficient (Wildman–Crippen LogP) is 2.01. The van der Waals surface area contributed by atoms with Crippen molar-refractivity contribution in [3.05, 3.63) is 18.0 Å². The zero-order valence-corrected chi connectivity index (χ0v) is 13.5. The Labute approximate surface area is 131 Å². The molecule has 0 bridgehead atoms. The van der Waals surface area contributed by atoms with Crippen LogP contribution in [0.4, 0.5) is 5.95 Å². The van der Waals surface area contributed by atoms with Gasteiger partial charge in [-0.05, 0) is 32.3 Å². The number of amides is 2. The average Bonchev–Trinajstić information content (AvgIpc) is 2.53. The summed E-state index contributed by atoms with van der Waals surface area (Å²) >= 11 is 0. The van der Waals surface area contributed by atoms with Gasteiger partial charge >= 0.3 is 0 Å². The number of likely N-dealkylation sites (tertiary alicyclic amines) is 1. The van der Waals surface area contributed by atoms with E-state index < -0.39 is 0 Å². The molecule has 0 unspecified atom stereocenters. The molecule has 2 atom stereocenters. The molecule has 1 aliphatic heterocycles. The third kappa shape index (κ3) is 4.02. The fourth-order valence-corrected chi connectivity index (χ4v) is 2.60. The van der Waals surface area contributed by atoms with Gasteiger partial charge in [-0.25, -0.2) is 9.97 Å². The summed E-state index contributed by atoms with van der Waals surface area (Å²) in [6.07, 6.45) is 4.10. The van der Waals surface area contributed by atoms with E-state index in [1.807, 2.05) is 25.7 Å². The van der Waals surface area contributed by atoms with Crippen molar-refractivity contribution in [2.45, 2.75) is 40.0 Å². The van der Waals surface area contributed by atoms with Crippen LogP contribution >= 0.6 is 0 Å². The van der Waals surface area contributed by atoms with Crippen LogP contribution in [-0.4, -0.2) is 39.8 Å². The maximum Gasteiger partial charge on any atom is 0.231 e. The zero-order valence-electron chi connectivity index (χ0n) is 13.5. The number of nitrogens with zero attached hydrogens (tertiary/aromatic N) is 3. The second-order valence-corrected chi connectivity index (χ2v) is 5.94. The minimum absolute atomic E-state index is 0.0157. The molecular formula is C16H24N4O2. The molecule has 1 aromatic heterocycles. The van der Waals surface area contributed by atoms with Gasteiger partial charge in [0.05, 0.1) is 5.92 Å². The number of aryl methyl sites for hydroxylation is 1. The molecule has 1 aromatic rings. The highest BCUT2D eigenvalue weighted by molar-refractivity contribution is 5.91. The molecule has 6 heteroatoms. The number of rotatable bonds is 4. The minimum Gasteiger partial charge on any atom is -0.342 e. The number of piperidine rings is 1. The molecule has 2 amide bonds.